The van der Waals surface area contributed by atoms with Crippen molar-refractivity contribution in [3.63, 3.8) is 0 Å². The van der Waals surface area contributed by atoms with Crippen LogP contribution >= 0.6 is 11.6 Å². The molecule has 1 aromatic rings. The van der Waals surface area contributed by atoms with Gasteiger partial charge in [-0.3, -0.25) is 4.79 Å². The SMILES string of the molecule is O=C(O)CCc1cc(Cl)ccc1OCC1CCC1. The van der Waals surface area contributed by atoms with Crippen LogP contribution in [0.5, 0.6) is 5.75 Å². The average molecular weight is 269 g/mol. The molecule has 0 unspecified atom stereocenters. The number of hydrogen-bond donors (Lipinski definition) is 1. The third-order valence-corrected chi connectivity index (χ3v) is 3.57. The number of carboxylic acid groups (broad SMARTS) is 1. The number of carbonyl (C=O) groups is 1. The summed E-state index contributed by atoms with van der Waals surface area (Å²) in [4.78, 5) is 10.6. The van der Waals surface area contributed by atoms with E-state index in [0.29, 0.717) is 17.4 Å². The lowest BCUT2D eigenvalue weighted by atomic mass is 9.86. The maximum atomic E-state index is 10.6. The van der Waals surface area contributed by atoms with Crippen molar-refractivity contribution < 1.29 is 14.6 Å². The summed E-state index contributed by atoms with van der Waals surface area (Å²) < 4.78 is 5.78. The van der Waals surface area contributed by atoms with Crippen molar-refractivity contribution in [2.24, 2.45) is 5.92 Å². The van der Waals surface area contributed by atoms with Crippen LogP contribution in [0.15, 0.2) is 18.2 Å². The molecule has 0 bridgehead atoms. The van der Waals surface area contributed by atoms with E-state index in [2.05, 4.69) is 0 Å². The van der Waals surface area contributed by atoms with Crippen LogP contribution < -0.4 is 4.74 Å². The predicted octanol–water partition coefficient (Wildman–Crippen LogP) is 3.54. The van der Waals surface area contributed by atoms with Gasteiger partial charge in [0, 0.05) is 11.4 Å². The Balaban J connectivity index is 1.99. The lowest BCUT2D eigenvalue weighted by Crippen LogP contribution is -2.19. The number of hydrogen-bond acceptors (Lipinski definition) is 2. The molecule has 98 valence electrons. The molecule has 1 N–H and O–H groups in total. The first kappa shape index (κ1) is 13.2. The Kier molecular flexibility index (Phi) is 4.48. The van der Waals surface area contributed by atoms with E-state index in [9.17, 15) is 4.79 Å². The molecule has 3 nitrogen and oxygen atoms in total. The molecular weight excluding hydrogens is 252 g/mol. The number of rotatable bonds is 6. The van der Waals surface area contributed by atoms with E-state index in [4.69, 9.17) is 21.4 Å². The van der Waals surface area contributed by atoms with Gasteiger partial charge in [0.25, 0.3) is 0 Å². The third-order valence-electron chi connectivity index (χ3n) is 3.33. The second-order valence-electron chi connectivity index (χ2n) is 4.75. The maximum absolute atomic E-state index is 10.6. The second kappa shape index (κ2) is 6.10. The average Bonchev–Trinajstić information content (AvgIpc) is 2.26. The number of aryl methyl sites for hydroxylation is 1. The maximum Gasteiger partial charge on any atom is 0.303 e. The van der Waals surface area contributed by atoms with Crippen molar-refractivity contribution in [2.45, 2.75) is 32.1 Å². The van der Waals surface area contributed by atoms with Gasteiger partial charge in [-0.1, -0.05) is 18.0 Å². The van der Waals surface area contributed by atoms with E-state index in [1.807, 2.05) is 6.07 Å². The first-order chi connectivity index (χ1) is 8.65. The molecule has 0 heterocycles. The number of ether oxygens (including phenoxy) is 1. The van der Waals surface area contributed by atoms with Crippen molar-refractivity contribution in [1.82, 2.24) is 0 Å². The lowest BCUT2D eigenvalue weighted by Gasteiger charge is -2.25. The monoisotopic (exact) mass is 268 g/mol. The topological polar surface area (TPSA) is 46.5 Å². The molecule has 2 rings (SSSR count). The Hall–Kier alpha value is -1.22. The van der Waals surface area contributed by atoms with Crippen LogP contribution in [0.4, 0.5) is 0 Å². The van der Waals surface area contributed by atoms with Crippen LogP contribution in [0, 0.1) is 5.92 Å². The van der Waals surface area contributed by atoms with Gasteiger partial charge in [-0.25, -0.2) is 0 Å². The van der Waals surface area contributed by atoms with Gasteiger partial charge in [0.1, 0.15) is 5.75 Å². The van der Waals surface area contributed by atoms with Gasteiger partial charge in [-0.05, 0) is 48.9 Å². The van der Waals surface area contributed by atoms with E-state index in [0.717, 1.165) is 17.9 Å². The molecule has 4 heteroatoms. The normalized spacial score (nSPS) is 15.2. The minimum absolute atomic E-state index is 0.0974. The highest BCUT2D eigenvalue weighted by molar-refractivity contribution is 6.30. The molecule has 0 aliphatic heterocycles. The summed E-state index contributed by atoms with van der Waals surface area (Å²) in [6.45, 7) is 0.724. The van der Waals surface area contributed by atoms with E-state index in [1.165, 1.54) is 19.3 Å². The zero-order valence-electron chi connectivity index (χ0n) is 10.2. The van der Waals surface area contributed by atoms with Crippen molar-refractivity contribution in [3.8, 4) is 5.75 Å². The minimum Gasteiger partial charge on any atom is -0.493 e. The number of aliphatic carboxylic acids is 1. The van der Waals surface area contributed by atoms with Gasteiger partial charge in [0.2, 0.25) is 0 Å². The first-order valence-corrected chi connectivity index (χ1v) is 6.66. The molecular formula is C14H17ClO3. The highest BCUT2D eigenvalue weighted by atomic mass is 35.5. The quantitative estimate of drug-likeness (QED) is 0.858. The highest BCUT2D eigenvalue weighted by Gasteiger charge is 2.18. The standard InChI is InChI=1S/C14H17ClO3/c15-12-5-6-13(18-9-10-2-1-3-10)11(8-12)4-7-14(16)17/h5-6,8,10H,1-4,7,9H2,(H,16,17). The Morgan fingerprint density at radius 2 is 2.22 bits per heavy atom. The first-order valence-electron chi connectivity index (χ1n) is 6.28. The van der Waals surface area contributed by atoms with Gasteiger partial charge in [-0.2, -0.15) is 0 Å². The molecule has 1 aromatic carbocycles. The third kappa shape index (κ3) is 3.64. The largest absolute Gasteiger partial charge is 0.493 e. The predicted molar refractivity (Wildman–Crippen MR) is 70.2 cm³/mol. The summed E-state index contributed by atoms with van der Waals surface area (Å²) >= 11 is 5.93. The molecule has 18 heavy (non-hydrogen) atoms. The summed E-state index contributed by atoms with van der Waals surface area (Å²) in [7, 11) is 0. The molecule has 1 saturated carbocycles. The second-order valence-corrected chi connectivity index (χ2v) is 5.19. The zero-order valence-corrected chi connectivity index (χ0v) is 10.9. The van der Waals surface area contributed by atoms with Gasteiger partial charge in [0.05, 0.1) is 6.61 Å². The van der Waals surface area contributed by atoms with Gasteiger partial charge in [-0.15, -0.1) is 0 Å². The van der Waals surface area contributed by atoms with Crippen LogP contribution in [0.2, 0.25) is 5.02 Å². The fourth-order valence-corrected chi connectivity index (χ4v) is 2.19. The number of halogens is 1. The van der Waals surface area contributed by atoms with E-state index < -0.39 is 5.97 Å². The van der Waals surface area contributed by atoms with E-state index >= 15 is 0 Å². The van der Waals surface area contributed by atoms with Crippen LogP contribution in [0.3, 0.4) is 0 Å². The summed E-state index contributed by atoms with van der Waals surface area (Å²) in [5.41, 5.74) is 0.879. The summed E-state index contributed by atoms with van der Waals surface area (Å²) in [6.07, 6.45) is 4.31. The smallest absolute Gasteiger partial charge is 0.303 e. The highest BCUT2D eigenvalue weighted by Crippen LogP contribution is 2.29. The summed E-state index contributed by atoms with van der Waals surface area (Å²) in [5.74, 6) is 0.625. The Labute approximate surface area is 112 Å². The van der Waals surface area contributed by atoms with Crippen LogP contribution in [0.1, 0.15) is 31.2 Å². The lowest BCUT2D eigenvalue weighted by molar-refractivity contribution is -0.136. The van der Waals surface area contributed by atoms with Crippen molar-refractivity contribution >= 4 is 17.6 Å². The molecule has 0 amide bonds. The zero-order chi connectivity index (χ0) is 13.0. The Bertz CT molecular complexity index is 427. The molecule has 1 fully saturated rings. The van der Waals surface area contributed by atoms with E-state index in [1.54, 1.807) is 12.1 Å². The van der Waals surface area contributed by atoms with Crippen LogP contribution in [-0.2, 0) is 11.2 Å². The number of benzene rings is 1. The molecule has 0 radical (unpaired) electrons. The van der Waals surface area contributed by atoms with Gasteiger partial charge in [0.15, 0.2) is 0 Å². The van der Waals surface area contributed by atoms with Crippen LogP contribution in [-0.4, -0.2) is 17.7 Å². The molecule has 1 aliphatic carbocycles. The van der Waals surface area contributed by atoms with Gasteiger partial charge < -0.3 is 9.84 Å². The Morgan fingerprint density at radius 3 is 2.83 bits per heavy atom. The van der Waals surface area contributed by atoms with Crippen molar-refractivity contribution in [2.75, 3.05) is 6.61 Å². The fraction of sp³-hybridized carbons (Fsp3) is 0.500. The van der Waals surface area contributed by atoms with E-state index in [-0.39, 0.29) is 6.42 Å². The summed E-state index contributed by atoms with van der Waals surface area (Å²) in [5, 5.41) is 9.34. The Morgan fingerprint density at radius 1 is 1.44 bits per heavy atom. The summed E-state index contributed by atoms with van der Waals surface area (Å²) in [6, 6.07) is 5.40. The van der Waals surface area contributed by atoms with Gasteiger partial charge >= 0.3 is 5.97 Å². The minimum atomic E-state index is -0.806. The molecule has 0 saturated heterocycles. The molecule has 0 aromatic heterocycles. The molecule has 0 spiro atoms. The van der Waals surface area contributed by atoms with Crippen LogP contribution in [0.25, 0.3) is 0 Å². The van der Waals surface area contributed by atoms with Crippen molar-refractivity contribution in [1.29, 1.82) is 0 Å². The van der Waals surface area contributed by atoms with Crippen molar-refractivity contribution in [3.05, 3.63) is 28.8 Å². The fourth-order valence-electron chi connectivity index (χ4n) is 1.99. The molecule has 0 atom stereocenters. The molecule has 1 aliphatic rings. The number of carboxylic acids is 1.